The van der Waals surface area contributed by atoms with Crippen LogP contribution in [-0.2, 0) is 0 Å². The Balaban J connectivity index is 2.20. The molecule has 2 aromatic carbocycles. The van der Waals surface area contributed by atoms with Gasteiger partial charge in [-0.15, -0.1) is 0 Å². The van der Waals surface area contributed by atoms with Gasteiger partial charge in [-0.3, -0.25) is 14.9 Å². The summed E-state index contributed by atoms with van der Waals surface area (Å²) in [5.41, 5.74) is -0.374. The van der Waals surface area contributed by atoms with Crippen molar-refractivity contribution in [2.45, 2.75) is 0 Å². The van der Waals surface area contributed by atoms with E-state index in [1.54, 1.807) is 0 Å². The third-order valence-electron chi connectivity index (χ3n) is 2.94. The van der Waals surface area contributed by atoms with E-state index >= 15 is 0 Å². The van der Waals surface area contributed by atoms with Gasteiger partial charge in [0.1, 0.15) is 11.6 Å². The van der Waals surface area contributed by atoms with Crippen LogP contribution < -0.4 is 9.47 Å². The van der Waals surface area contributed by atoms with Gasteiger partial charge in [-0.2, -0.15) is 0 Å². The highest BCUT2D eigenvalue weighted by atomic mass is 35.5. The molecule has 0 spiro atoms. The summed E-state index contributed by atoms with van der Waals surface area (Å²) >= 11 is 5.69. The van der Waals surface area contributed by atoms with Gasteiger partial charge in [-0.25, -0.2) is 4.39 Å². The fraction of sp³-hybridized carbons (Fsp3) is 0.133. The molecule has 6 nitrogen and oxygen atoms in total. The molecule has 0 fully saturated rings. The predicted octanol–water partition coefficient (Wildman–Crippen LogP) is 3.66. The lowest BCUT2D eigenvalue weighted by atomic mass is 10.1. The Morgan fingerprint density at radius 3 is 2.61 bits per heavy atom. The molecular formula is C15H11ClFNO5. The number of methoxy groups -OCH3 is 1. The number of ether oxygens (including phenoxy) is 2. The van der Waals surface area contributed by atoms with Crippen molar-refractivity contribution in [3.05, 3.63) is 62.9 Å². The second-order valence-electron chi connectivity index (χ2n) is 4.43. The van der Waals surface area contributed by atoms with Crippen LogP contribution >= 0.6 is 11.6 Å². The van der Waals surface area contributed by atoms with Gasteiger partial charge in [-0.05, 0) is 30.3 Å². The highest BCUT2D eigenvalue weighted by Crippen LogP contribution is 2.30. The van der Waals surface area contributed by atoms with Gasteiger partial charge in [0.05, 0.1) is 17.6 Å². The van der Waals surface area contributed by atoms with E-state index in [1.165, 1.54) is 25.3 Å². The summed E-state index contributed by atoms with van der Waals surface area (Å²) in [4.78, 5) is 22.4. The summed E-state index contributed by atoms with van der Waals surface area (Å²) in [5, 5.41) is 11.1. The SMILES string of the molecule is COc1ccc(F)cc1C(=O)COc1ccc(Cl)cc1[N+](=O)[O-]. The molecule has 0 atom stereocenters. The second kappa shape index (κ2) is 7.06. The molecule has 0 heterocycles. The number of nitro groups is 1. The summed E-state index contributed by atoms with van der Waals surface area (Å²) in [5.74, 6) is -1.11. The molecule has 120 valence electrons. The van der Waals surface area contributed by atoms with E-state index in [9.17, 15) is 19.3 Å². The van der Waals surface area contributed by atoms with E-state index in [0.717, 1.165) is 18.2 Å². The molecule has 23 heavy (non-hydrogen) atoms. The lowest BCUT2D eigenvalue weighted by Gasteiger charge is -2.09. The van der Waals surface area contributed by atoms with E-state index < -0.39 is 23.1 Å². The molecule has 2 aromatic rings. The number of nitro benzene ring substituents is 1. The molecule has 0 aliphatic heterocycles. The Labute approximate surface area is 135 Å². The number of Topliss-reactive ketones (excluding diaryl/α,β-unsaturated/α-hetero) is 1. The van der Waals surface area contributed by atoms with Gasteiger partial charge in [0.15, 0.2) is 12.4 Å². The number of rotatable bonds is 6. The molecule has 0 aliphatic carbocycles. The standard InChI is InChI=1S/C15H11ClFNO5/c1-22-14-5-3-10(17)7-11(14)13(19)8-23-15-4-2-9(16)6-12(15)18(20)21/h2-7H,8H2,1H3. The highest BCUT2D eigenvalue weighted by molar-refractivity contribution is 6.30. The van der Waals surface area contributed by atoms with Gasteiger partial charge in [0.25, 0.3) is 0 Å². The largest absolute Gasteiger partial charge is 0.496 e. The molecular weight excluding hydrogens is 329 g/mol. The molecule has 0 unspecified atom stereocenters. The first-order chi connectivity index (χ1) is 10.9. The van der Waals surface area contributed by atoms with Crippen LogP contribution in [0.3, 0.4) is 0 Å². The average Bonchev–Trinajstić information content (AvgIpc) is 2.53. The molecule has 0 saturated carbocycles. The van der Waals surface area contributed by atoms with Crippen LogP contribution in [0.1, 0.15) is 10.4 Å². The molecule has 2 rings (SSSR count). The Kier molecular flexibility index (Phi) is 5.13. The Bertz CT molecular complexity index is 766. The predicted molar refractivity (Wildman–Crippen MR) is 80.9 cm³/mol. The van der Waals surface area contributed by atoms with Crippen molar-refractivity contribution in [3.8, 4) is 11.5 Å². The third-order valence-corrected chi connectivity index (χ3v) is 3.17. The summed E-state index contributed by atoms with van der Waals surface area (Å²) in [6.45, 7) is -0.512. The molecule has 0 aromatic heterocycles. The first-order valence-electron chi connectivity index (χ1n) is 6.36. The van der Waals surface area contributed by atoms with Crippen molar-refractivity contribution in [3.63, 3.8) is 0 Å². The summed E-state index contributed by atoms with van der Waals surface area (Å²) in [7, 11) is 1.34. The molecule has 0 saturated heterocycles. The minimum absolute atomic E-state index is 0.0101. The lowest BCUT2D eigenvalue weighted by Crippen LogP contribution is -2.13. The Hall–Kier alpha value is -2.67. The van der Waals surface area contributed by atoms with E-state index in [4.69, 9.17) is 21.1 Å². The maximum absolute atomic E-state index is 13.3. The molecule has 0 bridgehead atoms. The number of ketones is 1. The lowest BCUT2D eigenvalue weighted by molar-refractivity contribution is -0.385. The summed E-state index contributed by atoms with van der Waals surface area (Å²) in [6, 6.07) is 7.28. The van der Waals surface area contributed by atoms with Crippen LogP contribution in [0, 0.1) is 15.9 Å². The van der Waals surface area contributed by atoms with Crippen molar-refractivity contribution in [1.29, 1.82) is 0 Å². The Morgan fingerprint density at radius 2 is 1.96 bits per heavy atom. The first-order valence-corrected chi connectivity index (χ1v) is 6.73. The van der Waals surface area contributed by atoms with Crippen molar-refractivity contribution >= 4 is 23.1 Å². The fourth-order valence-corrected chi connectivity index (χ4v) is 2.04. The zero-order chi connectivity index (χ0) is 17.0. The third kappa shape index (κ3) is 3.95. The van der Waals surface area contributed by atoms with Gasteiger partial charge in [-0.1, -0.05) is 11.6 Å². The number of hydrogen-bond acceptors (Lipinski definition) is 5. The minimum atomic E-state index is -0.672. The monoisotopic (exact) mass is 339 g/mol. The van der Waals surface area contributed by atoms with E-state index in [2.05, 4.69) is 0 Å². The van der Waals surface area contributed by atoms with Gasteiger partial charge in [0, 0.05) is 11.1 Å². The molecule has 0 aliphatic rings. The summed E-state index contributed by atoms with van der Waals surface area (Å²) in [6.07, 6.45) is 0. The van der Waals surface area contributed by atoms with Gasteiger partial charge < -0.3 is 9.47 Å². The smallest absolute Gasteiger partial charge is 0.312 e. The van der Waals surface area contributed by atoms with Gasteiger partial charge >= 0.3 is 5.69 Å². The molecule has 8 heteroatoms. The van der Waals surface area contributed by atoms with Crippen molar-refractivity contribution in [2.75, 3.05) is 13.7 Å². The van der Waals surface area contributed by atoms with Crippen LogP contribution in [-0.4, -0.2) is 24.4 Å². The topological polar surface area (TPSA) is 78.7 Å². The number of nitrogens with zero attached hydrogens (tertiary/aromatic N) is 1. The van der Waals surface area contributed by atoms with Crippen LogP contribution in [0.25, 0.3) is 0 Å². The number of benzene rings is 2. The minimum Gasteiger partial charge on any atom is -0.496 e. The molecule has 0 N–H and O–H groups in total. The van der Waals surface area contributed by atoms with Crippen LogP contribution in [0.15, 0.2) is 36.4 Å². The average molecular weight is 340 g/mol. The molecule has 0 radical (unpaired) electrons. The maximum atomic E-state index is 13.3. The molecule has 0 amide bonds. The normalized spacial score (nSPS) is 10.2. The zero-order valence-electron chi connectivity index (χ0n) is 11.9. The zero-order valence-corrected chi connectivity index (χ0v) is 12.7. The van der Waals surface area contributed by atoms with Crippen molar-refractivity contribution in [1.82, 2.24) is 0 Å². The number of hydrogen-bond donors (Lipinski definition) is 0. The highest BCUT2D eigenvalue weighted by Gasteiger charge is 2.19. The summed E-state index contributed by atoms with van der Waals surface area (Å²) < 4.78 is 23.4. The Morgan fingerprint density at radius 1 is 1.26 bits per heavy atom. The maximum Gasteiger partial charge on any atom is 0.312 e. The number of carbonyl (C=O) groups is 1. The van der Waals surface area contributed by atoms with Gasteiger partial charge in [0.2, 0.25) is 5.78 Å². The second-order valence-corrected chi connectivity index (χ2v) is 4.86. The van der Waals surface area contributed by atoms with Crippen molar-refractivity contribution < 1.29 is 23.6 Å². The number of carbonyl (C=O) groups excluding carboxylic acids is 1. The van der Waals surface area contributed by atoms with Crippen LogP contribution in [0.4, 0.5) is 10.1 Å². The number of halogens is 2. The fourth-order valence-electron chi connectivity index (χ4n) is 1.87. The van der Waals surface area contributed by atoms with Crippen molar-refractivity contribution in [2.24, 2.45) is 0 Å². The first kappa shape index (κ1) is 16.7. The quantitative estimate of drug-likeness (QED) is 0.456. The van der Waals surface area contributed by atoms with E-state index in [1.807, 2.05) is 0 Å². The van der Waals surface area contributed by atoms with Crippen LogP contribution in [0.5, 0.6) is 11.5 Å². The van der Waals surface area contributed by atoms with E-state index in [-0.39, 0.29) is 27.8 Å². The van der Waals surface area contributed by atoms with E-state index in [0.29, 0.717) is 0 Å². The van der Waals surface area contributed by atoms with Crippen LogP contribution in [0.2, 0.25) is 5.02 Å².